The van der Waals surface area contributed by atoms with E-state index < -0.39 is 0 Å². The van der Waals surface area contributed by atoms with Gasteiger partial charge in [-0.2, -0.15) is 10.2 Å². The van der Waals surface area contributed by atoms with E-state index in [9.17, 15) is 4.79 Å². The van der Waals surface area contributed by atoms with Gasteiger partial charge in [0.15, 0.2) is 0 Å². The number of fused-ring (bicyclic) bond motifs is 1. The SMILES string of the molecule is CN1CCCN(c2cc(-c3n[nH]c4ccc(OC5(C)CC5)cc34)nn(C)c2=O)CC1. The van der Waals surface area contributed by atoms with Gasteiger partial charge in [-0.1, -0.05) is 0 Å². The maximum Gasteiger partial charge on any atom is 0.290 e. The lowest BCUT2D eigenvalue weighted by atomic mass is 10.1. The molecular weight excluding hydrogens is 380 g/mol. The molecule has 0 spiro atoms. The number of rotatable bonds is 4. The number of likely N-dealkylation sites (N-methyl/N-ethyl adjacent to an activating group) is 1. The predicted octanol–water partition coefficient (Wildman–Crippen LogP) is 2.40. The van der Waals surface area contributed by atoms with E-state index in [1.807, 2.05) is 24.3 Å². The minimum absolute atomic E-state index is 0.0421. The van der Waals surface area contributed by atoms with E-state index in [0.29, 0.717) is 11.4 Å². The van der Waals surface area contributed by atoms with E-state index in [0.717, 1.165) is 67.8 Å². The van der Waals surface area contributed by atoms with Crippen LogP contribution in [0.3, 0.4) is 0 Å². The lowest BCUT2D eigenvalue weighted by Crippen LogP contribution is -2.35. The summed E-state index contributed by atoms with van der Waals surface area (Å²) in [5.74, 6) is 0.839. The second-order valence-corrected chi connectivity index (χ2v) is 8.82. The first-order valence-electron chi connectivity index (χ1n) is 10.6. The molecule has 1 aliphatic heterocycles. The van der Waals surface area contributed by atoms with Gasteiger partial charge in [0.1, 0.15) is 28.4 Å². The smallest absolute Gasteiger partial charge is 0.290 e. The Labute approximate surface area is 175 Å². The molecule has 3 aromatic rings. The van der Waals surface area contributed by atoms with E-state index in [1.165, 1.54) is 4.68 Å². The molecule has 1 saturated carbocycles. The molecule has 0 atom stereocenters. The van der Waals surface area contributed by atoms with Crippen molar-refractivity contribution in [3.8, 4) is 17.1 Å². The Morgan fingerprint density at radius 1 is 1.10 bits per heavy atom. The highest BCUT2D eigenvalue weighted by atomic mass is 16.5. The van der Waals surface area contributed by atoms with E-state index in [-0.39, 0.29) is 11.2 Å². The first-order valence-corrected chi connectivity index (χ1v) is 10.6. The van der Waals surface area contributed by atoms with Gasteiger partial charge in [-0.25, -0.2) is 4.68 Å². The van der Waals surface area contributed by atoms with Crippen molar-refractivity contribution in [2.75, 3.05) is 38.1 Å². The number of anilines is 1. The fourth-order valence-electron chi connectivity index (χ4n) is 4.04. The molecule has 30 heavy (non-hydrogen) atoms. The third-order valence-electron chi connectivity index (χ3n) is 6.20. The van der Waals surface area contributed by atoms with E-state index in [2.05, 4.69) is 39.1 Å². The van der Waals surface area contributed by atoms with Crippen molar-refractivity contribution in [3.05, 3.63) is 34.6 Å². The van der Waals surface area contributed by atoms with Crippen LogP contribution in [0.15, 0.2) is 29.1 Å². The molecule has 8 heteroatoms. The van der Waals surface area contributed by atoms with E-state index in [4.69, 9.17) is 4.74 Å². The van der Waals surface area contributed by atoms with Crippen molar-refractivity contribution >= 4 is 16.6 Å². The summed E-state index contributed by atoms with van der Waals surface area (Å²) in [6.07, 6.45) is 3.20. The van der Waals surface area contributed by atoms with Crippen LogP contribution in [-0.4, -0.2) is 63.7 Å². The molecule has 0 amide bonds. The average Bonchev–Trinajstić information content (AvgIpc) is 3.36. The monoisotopic (exact) mass is 408 g/mol. The maximum atomic E-state index is 12.9. The Kier molecular flexibility index (Phi) is 4.54. The van der Waals surface area contributed by atoms with Crippen LogP contribution in [-0.2, 0) is 7.05 Å². The topological polar surface area (TPSA) is 79.3 Å². The lowest BCUT2D eigenvalue weighted by molar-refractivity contribution is 0.200. The molecule has 1 N–H and O–H groups in total. The minimum atomic E-state index is -0.0752. The third kappa shape index (κ3) is 3.56. The number of hydrogen-bond donors (Lipinski definition) is 1. The number of nitrogens with one attached hydrogen (secondary N) is 1. The molecule has 3 heterocycles. The van der Waals surface area contributed by atoms with Crippen molar-refractivity contribution in [2.45, 2.75) is 31.8 Å². The second-order valence-electron chi connectivity index (χ2n) is 8.82. The summed E-state index contributed by atoms with van der Waals surface area (Å²) in [6, 6.07) is 7.87. The molecule has 2 aromatic heterocycles. The summed E-state index contributed by atoms with van der Waals surface area (Å²) in [5, 5.41) is 13.1. The molecule has 1 aromatic carbocycles. The normalized spacial score (nSPS) is 19.1. The Bertz CT molecular complexity index is 1150. The quantitative estimate of drug-likeness (QED) is 0.714. The Balaban J connectivity index is 1.55. The molecule has 1 saturated heterocycles. The molecule has 0 radical (unpaired) electrons. The number of nitrogens with zero attached hydrogens (tertiary/aromatic N) is 5. The summed E-state index contributed by atoms with van der Waals surface area (Å²) >= 11 is 0. The van der Waals surface area contributed by atoms with Gasteiger partial charge in [-0.3, -0.25) is 9.89 Å². The number of benzene rings is 1. The van der Waals surface area contributed by atoms with Crippen molar-refractivity contribution in [1.82, 2.24) is 24.9 Å². The number of ether oxygens (including phenoxy) is 1. The highest BCUT2D eigenvalue weighted by Gasteiger charge is 2.40. The second kappa shape index (κ2) is 7.12. The molecule has 2 aliphatic rings. The Morgan fingerprint density at radius 2 is 1.93 bits per heavy atom. The first-order chi connectivity index (χ1) is 14.4. The van der Waals surface area contributed by atoms with Crippen LogP contribution in [0.2, 0.25) is 0 Å². The maximum absolute atomic E-state index is 12.9. The van der Waals surface area contributed by atoms with Gasteiger partial charge in [-0.15, -0.1) is 0 Å². The van der Waals surface area contributed by atoms with Gasteiger partial charge in [0, 0.05) is 32.1 Å². The standard InChI is InChI=1S/C22H28N6O2/c1-22(7-8-22)30-15-5-6-17-16(13-15)20(24-23-17)18-14-19(21(29)27(3)25-18)28-10-4-9-26(2)11-12-28/h5-6,13-14H,4,7-12H2,1-3H3,(H,23,24). The number of H-pyrrole nitrogens is 1. The first kappa shape index (κ1) is 19.1. The number of aryl methyl sites for hydroxylation is 1. The summed E-state index contributed by atoms with van der Waals surface area (Å²) in [5.41, 5.74) is 2.91. The van der Waals surface area contributed by atoms with Crippen LogP contribution in [0.5, 0.6) is 5.75 Å². The van der Waals surface area contributed by atoms with Gasteiger partial charge in [0.2, 0.25) is 0 Å². The van der Waals surface area contributed by atoms with Crippen LogP contribution in [0, 0.1) is 0 Å². The van der Waals surface area contributed by atoms with Crippen LogP contribution in [0.25, 0.3) is 22.3 Å². The Hall–Kier alpha value is -2.87. The fourth-order valence-corrected chi connectivity index (χ4v) is 4.04. The van der Waals surface area contributed by atoms with Gasteiger partial charge in [0.25, 0.3) is 5.56 Å². The molecule has 0 bridgehead atoms. The zero-order valence-corrected chi connectivity index (χ0v) is 17.8. The van der Waals surface area contributed by atoms with Crippen molar-refractivity contribution in [2.24, 2.45) is 7.05 Å². The average molecular weight is 409 g/mol. The summed E-state index contributed by atoms with van der Waals surface area (Å²) < 4.78 is 7.56. The largest absolute Gasteiger partial charge is 0.488 e. The molecule has 8 nitrogen and oxygen atoms in total. The zero-order chi connectivity index (χ0) is 20.9. The minimum Gasteiger partial charge on any atom is -0.488 e. The van der Waals surface area contributed by atoms with Crippen LogP contribution in [0.1, 0.15) is 26.2 Å². The van der Waals surface area contributed by atoms with Gasteiger partial charge >= 0.3 is 0 Å². The van der Waals surface area contributed by atoms with E-state index in [1.54, 1.807) is 7.05 Å². The van der Waals surface area contributed by atoms with E-state index >= 15 is 0 Å². The summed E-state index contributed by atoms with van der Waals surface area (Å²) in [7, 11) is 3.83. The summed E-state index contributed by atoms with van der Waals surface area (Å²) in [4.78, 5) is 17.3. The summed E-state index contributed by atoms with van der Waals surface area (Å²) in [6.45, 7) is 5.80. The number of hydrogen-bond acceptors (Lipinski definition) is 6. The number of aromatic amines is 1. The van der Waals surface area contributed by atoms with Crippen LogP contribution < -0.4 is 15.2 Å². The highest BCUT2D eigenvalue weighted by Crippen LogP contribution is 2.40. The molecular formula is C22H28N6O2. The molecule has 1 aliphatic carbocycles. The Morgan fingerprint density at radius 3 is 2.73 bits per heavy atom. The van der Waals surface area contributed by atoms with Crippen molar-refractivity contribution < 1.29 is 4.74 Å². The van der Waals surface area contributed by atoms with Crippen LogP contribution >= 0.6 is 0 Å². The fraction of sp³-hybridized carbons (Fsp3) is 0.500. The van der Waals surface area contributed by atoms with Crippen LogP contribution in [0.4, 0.5) is 5.69 Å². The van der Waals surface area contributed by atoms with Gasteiger partial charge < -0.3 is 14.5 Å². The third-order valence-corrected chi connectivity index (χ3v) is 6.20. The van der Waals surface area contributed by atoms with Gasteiger partial charge in [-0.05, 0) is 64.0 Å². The predicted molar refractivity (Wildman–Crippen MR) is 117 cm³/mol. The molecule has 2 fully saturated rings. The van der Waals surface area contributed by atoms with Gasteiger partial charge in [0.05, 0.1) is 5.52 Å². The highest BCUT2D eigenvalue weighted by molar-refractivity contribution is 5.93. The lowest BCUT2D eigenvalue weighted by Gasteiger charge is -2.22. The zero-order valence-electron chi connectivity index (χ0n) is 17.8. The number of aromatic nitrogens is 4. The van der Waals surface area contributed by atoms with Crippen molar-refractivity contribution in [1.29, 1.82) is 0 Å². The molecule has 5 rings (SSSR count). The molecule has 0 unspecified atom stereocenters. The molecule has 158 valence electrons. The van der Waals surface area contributed by atoms with Crippen molar-refractivity contribution in [3.63, 3.8) is 0 Å².